The highest BCUT2D eigenvalue weighted by Gasteiger charge is 2.16. The Hall–Kier alpha value is -1.72. The van der Waals surface area contributed by atoms with Crippen LogP contribution in [0.2, 0.25) is 10.2 Å². The summed E-state index contributed by atoms with van der Waals surface area (Å²) in [6, 6.07) is 4.56. The van der Waals surface area contributed by atoms with Gasteiger partial charge >= 0.3 is 0 Å². The van der Waals surface area contributed by atoms with E-state index in [9.17, 15) is 4.39 Å². The molecule has 0 amide bonds. The molecule has 2 heterocycles. The summed E-state index contributed by atoms with van der Waals surface area (Å²) >= 11 is 12.1. The van der Waals surface area contributed by atoms with Gasteiger partial charge in [0.15, 0.2) is 16.6 Å². The molecule has 3 rings (SSSR count). The largest absolute Gasteiger partial charge is 0.207 e. The number of aryl methyl sites for hydroxylation is 1. The Morgan fingerprint density at radius 1 is 1.14 bits per heavy atom. The molecule has 0 saturated carbocycles. The van der Waals surface area contributed by atoms with Gasteiger partial charge in [-0.3, -0.25) is 0 Å². The summed E-state index contributed by atoms with van der Waals surface area (Å²) in [7, 11) is 0. The molecular weight excluding hydrogens is 314 g/mol. The quantitative estimate of drug-likeness (QED) is 0.720. The maximum atomic E-state index is 13.9. The van der Waals surface area contributed by atoms with Gasteiger partial charge in [0, 0.05) is 22.6 Å². The molecule has 0 aliphatic carbocycles. The lowest BCUT2D eigenvalue weighted by molar-refractivity contribution is 0.611. The van der Waals surface area contributed by atoms with E-state index in [1.807, 2.05) is 13.8 Å². The van der Waals surface area contributed by atoms with E-state index >= 15 is 0 Å². The van der Waals surface area contributed by atoms with Crippen molar-refractivity contribution < 1.29 is 4.39 Å². The highest BCUT2D eigenvalue weighted by Crippen LogP contribution is 2.24. The van der Waals surface area contributed by atoms with E-state index < -0.39 is 0 Å². The zero-order chi connectivity index (χ0) is 15.1. The Bertz CT molecular complexity index is 824. The Kier molecular flexibility index (Phi) is 3.55. The van der Waals surface area contributed by atoms with E-state index in [4.69, 9.17) is 23.2 Å². The van der Waals surface area contributed by atoms with Crippen molar-refractivity contribution in [3.63, 3.8) is 0 Å². The first kappa shape index (κ1) is 14.2. The fraction of sp³-hybridized carbons (Fsp3) is 0.214. The molecule has 7 heteroatoms. The molecule has 0 N–H and O–H groups in total. The number of fused-ring (bicyclic) bond motifs is 1. The van der Waals surface area contributed by atoms with Crippen LogP contribution in [0, 0.1) is 19.7 Å². The van der Waals surface area contributed by atoms with Crippen LogP contribution in [0.3, 0.4) is 0 Å². The maximum absolute atomic E-state index is 13.9. The molecule has 108 valence electrons. The van der Waals surface area contributed by atoms with E-state index in [1.54, 1.807) is 12.1 Å². The third kappa shape index (κ3) is 2.36. The molecule has 3 aromatic rings. The predicted molar refractivity (Wildman–Crippen MR) is 79.5 cm³/mol. The highest BCUT2D eigenvalue weighted by atomic mass is 35.5. The number of hydrogen-bond donors (Lipinski definition) is 0. The van der Waals surface area contributed by atoms with E-state index in [-0.39, 0.29) is 12.2 Å². The summed E-state index contributed by atoms with van der Waals surface area (Å²) in [5.41, 5.74) is 2.73. The molecule has 0 aliphatic heterocycles. The summed E-state index contributed by atoms with van der Waals surface area (Å²) in [6.45, 7) is 3.76. The van der Waals surface area contributed by atoms with Crippen molar-refractivity contribution >= 4 is 28.8 Å². The molecule has 4 nitrogen and oxygen atoms in total. The van der Waals surface area contributed by atoms with Crippen molar-refractivity contribution in [1.82, 2.24) is 19.8 Å². The first-order chi connectivity index (χ1) is 9.99. The number of hydrogen-bond acceptors (Lipinski definition) is 3. The van der Waals surface area contributed by atoms with Gasteiger partial charge in [-0.05, 0) is 31.5 Å². The molecule has 2 aromatic heterocycles. The van der Waals surface area contributed by atoms with Crippen LogP contribution in [0.15, 0.2) is 18.2 Å². The van der Waals surface area contributed by atoms with E-state index in [2.05, 4.69) is 15.3 Å². The van der Waals surface area contributed by atoms with Crippen LogP contribution in [-0.4, -0.2) is 19.8 Å². The van der Waals surface area contributed by atoms with Crippen molar-refractivity contribution in [2.24, 2.45) is 0 Å². The first-order valence-corrected chi connectivity index (χ1v) is 7.04. The van der Waals surface area contributed by atoms with Gasteiger partial charge in [-0.2, -0.15) is 9.61 Å². The zero-order valence-electron chi connectivity index (χ0n) is 11.4. The summed E-state index contributed by atoms with van der Waals surface area (Å²) in [5, 5.41) is 13.2. The van der Waals surface area contributed by atoms with Gasteiger partial charge < -0.3 is 0 Å². The summed E-state index contributed by atoms with van der Waals surface area (Å²) in [5.74, 6) is 0.108. The number of aromatic nitrogens is 4. The van der Waals surface area contributed by atoms with Gasteiger partial charge in [-0.25, -0.2) is 4.39 Å². The second-order valence-electron chi connectivity index (χ2n) is 4.77. The monoisotopic (exact) mass is 324 g/mol. The number of rotatable bonds is 2. The van der Waals surface area contributed by atoms with Crippen molar-refractivity contribution in [2.45, 2.75) is 20.3 Å². The minimum Gasteiger partial charge on any atom is -0.207 e. The van der Waals surface area contributed by atoms with Crippen molar-refractivity contribution in [2.75, 3.05) is 0 Å². The second-order valence-corrected chi connectivity index (χ2v) is 5.53. The lowest BCUT2D eigenvalue weighted by atomic mass is 10.1. The smallest absolute Gasteiger partial charge is 0.181 e. The fourth-order valence-corrected chi connectivity index (χ4v) is 2.55. The second kappa shape index (κ2) is 5.24. The summed E-state index contributed by atoms with van der Waals surface area (Å²) < 4.78 is 15.4. The van der Waals surface area contributed by atoms with Gasteiger partial charge in [0.25, 0.3) is 0 Å². The Morgan fingerprint density at radius 2 is 1.90 bits per heavy atom. The lowest BCUT2D eigenvalue weighted by Crippen LogP contribution is -2.04. The molecule has 0 bridgehead atoms. The van der Waals surface area contributed by atoms with E-state index in [0.29, 0.717) is 27.2 Å². The van der Waals surface area contributed by atoms with Gasteiger partial charge in [0.1, 0.15) is 5.82 Å². The maximum Gasteiger partial charge on any atom is 0.181 e. The lowest BCUT2D eigenvalue weighted by Gasteiger charge is -2.06. The third-order valence-electron chi connectivity index (χ3n) is 3.50. The van der Waals surface area contributed by atoms with Gasteiger partial charge in [0.2, 0.25) is 0 Å². The Morgan fingerprint density at radius 3 is 2.62 bits per heavy atom. The van der Waals surface area contributed by atoms with Gasteiger partial charge in [-0.15, -0.1) is 10.2 Å². The average Bonchev–Trinajstić information content (AvgIpc) is 2.83. The van der Waals surface area contributed by atoms with Crippen LogP contribution in [-0.2, 0) is 6.42 Å². The molecule has 0 fully saturated rings. The molecular formula is C14H11Cl2FN4. The van der Waals surface area contributed by atoms with E-state index in [1.165, 1.54) is 10.6 Å². The Balaban J connectivity index is 2.14. The predicted octanol–water partition coefficient (Wildman–Crippen LogP) is 3.78. The van der Waals surface area contributed by atoms with E-state index in [0.717, 1.165) is 11.1 Å². The van der Waals surface area contributed by atoms with Crippen LogP contribution in [0.1, 0.15) is 22.5 Å². The molecule has 21 heavy (non-hydrogen) atoms. The normalized spacial score (nSPS) is 11.3. The van der Waals surface area contributed by atoms with Crippen LogP contribution < -0.4 is 0 Å². The van der Waals surface area contributed by atoms with Gasteiger partial charge in [0.05, 0.1) is 0 Å². The van der Waals surface area contributed by atoms with Crippen LogP contribution in [0.4, 0.5) is 4.39 Å². The summed E-state index contributed by atoms with van der Waals surface area (Å²) in [4.78, 5) is 0. The highest BCUT2D eigenvalue weighted by molar-refractivity contribution is 6.31. The molecule has 1 aromatic carbocycles. The average molecular weight is 325 g/mol. The Labute approximate surface area is 130 Å². The molecule has 0 spiro atoms. The SMILES string of the molecule is Cc1c(Cl)nn2c(Cc3c(F)cccc3Cl)nnc2c1C. The zero-order valence-corrected chi connectivity index (χ0v) is 12.9. The number of halogens is 3. The molecule has 0 unspecified atom stereocenters. The minimum absolute atomic E-state index is 0.193. The third-order valence-corrected chi connectivity index (χ3v) is 4.21. The first-order valence-electron chi connectivity index (χ1n) is 6.29. The van der Waals surface area contributed by atoms with Gasteiger partial charge in [-0.1, -0.05) is 29.3 Å². The van der Waals surface area contributed by atoms with Crippen LogP contribution in [0.5, 0.6) is 0 Å². The fourth-order valence-electron chi connectivity index (χ4n) is 2.11. The number of benzene rings is 1. The standard InChI is InChI=1S/C14H11Cl2FN4/c1-7-8(2)14-19-18-12(21(14)20-13(7)16)6-9-10(15)4-3-5-11(9)17/h3-5H,6H2,1-2H3. The van der Waals surface area contributed by atoms with Crippen molar-refractivity contribution in [3.8, 4) is 0 Å². The minimum atomic E-state index is -0.380. The molecule has 0 atom stereocenters. The van der Waals surface area contributed by atoms with Crippen molar-refractivity contribution in [1.29, 1.82) is 0 Å². The molecule has 0 radical (unpaired) electrons. The topological polar surface area (TPSA) is 43.1 Å². The number of nitrogens with zero attached hydrogens (tertiary/aromatic N) is 4. The van der Waals surface area contributed by atoms with Crippen LogP contribution in [0.25, 0.3) is 5.65 Å². The molecule has 0 saturated heterocycles. The molecule has 0 aliphatic rings. The van der Waals surface area contributed by atoms with Crippen molar-refractivity contribution in [3.05, 3.63) is 56.7 Å². The summed E-state index contributed by atoms with van der Waals surface area (Å²) in [6.07, 6.45) is 0.193. The van der Waals surface area contributed by atoms with Crippen LogP contribution >= 0.6 is 23.2 Å².